The van der Waals surface area contributed by atoms with Crippen molar-refractivity contribution in [3.05, 3.63) is 71.0 Å². The SMILES string of the molecule is Cc1ccc2nc(NC(=O)c3ccc(-c4ccc(C)c(C)c4)o3)sc2c1. The highest BCUT2D eigenvalue weighted by molar-refractivity contribution is 7.22. The molecule has 1 amide bonds. The van der Waals surface area contributed by atoms with Crippen LogP contribution in [0.5, 0.6) is 0 Å². The maximum atomic E-state index is 12.5. The highest BCUT2D eigenvalue weighted by Gasteiger charge is 2.15. The summed E-state index contributed by atoms with van der Waals surface area (Å²) < 4.78 is 6.81. The molecule has 4 aromatic rings. The third-order valence-electron chi connectivity index (χ3n) is 4.39. The van der Waals surface area contributed by atoms with Gasteiger partial charge in [-0.1, -0.05) is 29.5 Å². The van der Waals surface area contributed by atoms with Crippen molar-refractivity contribution in [2.45, 2.75) is 20.8 Å². The normalized spacial score (nSPS) is 11.0. The largest absolute Gasteiger partial charge is 0.451 e. The zero-order valence-corrected chi connectivity index (χ0v) is 15.6. The van der Waals surface area contributed by atoms with Gasteiger partial charge in [-0.2, -0.15) is 0 Å². The van der Waals surface area contributed by atoms with Gasteiger partial charge in [0.15, 0.2) is 10.9 Å². The van der Waals surface area contributed by atoms with Crippen molar-refractivity contribution in [3.63, 3.8) is 0 Å². The molecule has 0 aliphatic carbocycles. The summed E-state index contributed by atoms with van der Waals surface area (Å²) in [6.07, 6.45) is 0. The average Bonchev–Trinajstić information content (AvgIpc) is 3.23. The Labute approximate surface area is 155 Å². The quantitative estimate of drug-likeness (QED) is 0.506. The number of carbonyl (C=O) groups excluding carboxylic acids is 1. The first kappa shape index (κ1) is 16.5. The molecule has 0 unspecified atom stereocenters. The molecule has 5 heteroatoms. The number of thiazole rings is 1. The number of furan rings is 1. The number of amides is 1. The highest BCUT2D eigenvalue weighted by atomic mass is 32.1. The van der Waals surface area contributed by atoms with Gasteiger partial charge in [-0.25, -0.2) is 4.98 Å². The van der Waals surface area contributed by atoms with Crippen molar-refractivity contribution in [2.75, 3.05) is 5.32 Å². The fourth-order valence-corrected chi connectivity index (χ4v) is 3.71. The van der Waals surface area contributed by atoms with Gasteiger partial charge < -0.3 is 4.42 Å². The van der Waals surface area contributed by atoms with Crippen LogP contribution in [0.2, 0.25) is 0 Å². The molecule has 0 bridgehead atoms. The minimum absolute atomic E-state index is 0.272. The van der Waals surface area contributed by atoms with E-state index < -0.39 is 0 Å². The molecule has 0 aliphatic heterocycles. The van der Waals surface area contributed by atoms with Crippen LogP contribution in [0.15, 0.2) is 52.9 Å². The number of hydrogen-bond donors (Lipinski definition) is 1. The smallest absolute Gasteiger partial charge is 0.293 e. The number of nitrogens with one attached hydrogen (secondary N) is 1. The summed E-state index contributed by atoms with van der Waals surface area (Å²) in [6, 6.07) is 15.7. The first-order chi connectivity index (χ1) is 12.5. The minimum atomic E-state index is -0.295. The van der Waals surface area contributed by atoms with E-state index in [2.05, 4.69) is 42.3 Å². The van der Waals surface area contributed by atoms with Crippen LogP contribution in [0.3, 0.4) is 0 Å². The van der Waals surface area contributed by atoms with E-state index in [0.29, 0.717) is 10.9 Å². The van der Waals surface area contributed by atoms with E-state index in [0.717, 1.165) is 15.8 Å². The number of carbonyl (C=O) groups is 1. The molecular formula is C21H18N2O2S. The van der Waals surface area contributed by atoms with Crippen LogP contribution in [-0.4, -0.2) is 10.9 Å². The first-order valence-corrected chi connectivity index (χ1v) is 9.17. The molecule has 1 N–H and O–H groups in total. The number of aryl methyl sites for hydroxylation is 3. The number of rotatable bonds is 3. The molecule has 4 rings (SSSR count). The lowest BCUT2D eigenvalue weighted by atomic mass is 10.1. The third kappa shape index (κ3) is 3.13. The molecule has 2 heterocycles. The zero-order valence-electron chi connectivity index (χ0n) is 14.8. The second-order valence-electron chi connectivity index (χ2n) is 6.41. The van der Waals surface area contributed by atoms with Crippen LogP contribution in [0.25, 0.3) is 21.5 Å². The topological polar surface area (TPSA) is 55.1 Å². The van der Waals surface area contributed by atoms with Crippen LogP contribution >= 0.6 is 11.3 Å². The van der Waals surface area contributed by atoms with E-state index in [1.165, 1.54) is 28.0 Å². The lowest BCUT2D eigenvalue weighted by Crippen LogP contribution is -2.10. The Morgan fingerprint density at radius 2 is 1.85 bits per heavy atom. The van der Waals surface area contributed by atoms with Gasteiger partial charge in [-0.05, 0) is 67.8 Å². The average molecular weight is 362 g/mol. The van der Waals surface area contributed by atoms with Gasteiger partial charge in [0.2, 0.25) is 0 Å². The number of benzene rings is 2. The summed E-state index contributed by atoms with van der Waals surface area (Å²) in [7, 11) is 0. The number of aromatic nitrogens is 1. The summed E-state index contributed by atoms with van der Waals surface area (Å²) in [5.41, 5.74) is 5.43. The molecular weight excluding hydrogens is 344 g/mol. The maximum Gasteiger partial charge on any atom is 0.293 e. The molecule has 0 aliphatic rings. The molecule has 0 radical (unpaired) electrons. The summed E-state index contributed by atoms with van der Waals surface area (Å²) in [5, 5.41) is 3.40. The fourth-order valence-electron chi connectivity index (χ4n) is 2.75. The zero-order chi connectivity index (χ0) is 18.3. The third-order valence-corrected chi connectivity index (χ3v) is 5.32. The van der Waals surface area contributed by atoms with Crippen LogP contribution in [0.1, 0.15) is 27.2 Å². The first-order valence-electron chi connectivity index (χ1n) is 8.35. The number of anilines is 1. The van der Waals surface area contributed by atoms with Gasteiger partial charge in [0, 0.05) is 5.56 Å². The molecule has 0 saturated carbocycles. The van der Waals surface area contributed by atoms with Crippen molar-refractivity contribution in [1.29, 1.82) is 0 Å². The second-order valence-corrected chi connectivity index (χ2v) is 7.44. The van der Waals surface area contributed by atoms with E-state index in [-0.39, 0.29) is 11.7 Å². The highest BCUT2D eigenvalue weighted by Crippen LogP contribution is 2.28. The van der Waals surface area contributed by atoms with Gasteiger partial charge in [0.05, 0.1) is 10.2 Å². The Morgan fingerprint density at radius 3 is 2.65 bits per heavy atom. The Kier molecular flexibility index (Phi) is 4.09. The van der Waals surface area contributed by atoms with Crippen molar-refractivity contribution in [1.82, 2.24) is 4.98 Å². The van der Waals surface area contributed by atoms with Crippen LogP contribution in [0.4, 0.5) is 5.13 Å². The molecule has 0 atom stereocenters. The summed E-state index contributed by atoms with van der Waals surface area (Å²) in [5.74, 6) is 0.655. The predicted molar refractivity (Wildman–Crippen MR) is 106 cm³/mol. The summed E-state index contributed by atoms with van der Waals surface area (Å²) in [4.78, 5) is 16.9. The number of fused-ring (bicyclic) bond motifs is 1. The molecule has 26 heavy (non-hydrogen) atoms. The molecule has 2 aromatic carbocycles. The molecule has 0 spiro atoms. The van der Waals surface area contributed by atoms with Gasteiger partial charge in [-0.15, -0.1) is 0 Å². The molecule has 130 valence electrons. The van der Waals surface area contributed by atoms with Crippen molar-refractivity contribution >= 4 is 32.6 Å². The maximum absolute atomic E-state index is 12.5. The Morgan fingerprint density at radius 1 is 1.00 bits per heavy atom. The van der Waals surface area contributed by atoms with E-state index in [9.17, 15) is 4.79 Å². The van der Waals surface area contributed by atoms with Crippen LogP contribution in [0, 0.1) is 20.8 Å². The monoisotopic (exact) mass is 362 g/mol. The number of hydrogen-bond acceptors (Lipinski definition) is 4. The van der Waals surface area contributed by atoms with Crippen molar-refractivity contribution in [3.8, 4) is 11.3 Å². The molecule has 0 saturated heterocycles. The Balaban J connectivity index is 1.56. The summed E-state index contributed by atoms with van der Waals surface area (Å²) >= 11 is 1.46. The summed E-state index contributed by atoms with van der Waals surface area (Å²) in [6.45, 7) is 6.17. The van der Waals surface area contributed by atoms with Crippen LogP contribution in [-0.2, 0) is 0 Å². The predicted octanol–water partition coefficient (Wildman–Crippen LogP) is 5.73. The van der Waals surface area contributed by atoms with Crippen molar-refractivity contribution in [2.24, 2.45) is 0 Å². The lowest BCUT2D eigenvalue weighted by Gasteiger charge is -2.02. The standard InChI is InChI=1S/C21H18N2O2S/c1-12-4-7-16-19(10-12)26-21(22-16)23-20(24)18-9-8-17(25-18)15-6-5-13(2)14(3)11-15/h4-11H,1-3H3,(H,22,23,24). The van der Waals surface area contributed by atoms with Gasteiger partial charge in [-0.3, -0.25) is 10.1 Å². The van der Waals surface area contributed by atoms with Gasteiger partial charge in [0.25, 0.3) is 5.91 Å². The molecule has 4 nitrogen and oxygen atoms in total. The molecule has 2 aromatic heterocycles. The van der Waals surface area contributed by atoms with Gasteiger partial charge >= 0.3 is 0 Å². The van der Waals surface area contributed by atoms with Crippen molar-refractivity contribution < 1.29 is 9.21 Å². The van der Waals surface area contributed by atoms with E-state index in [1.807, 2.05) is 31.2 Å². The van der Waals surface area contributed by atoms with E-state index in [1.54, 1.807) is 6.07 Å². The lowest BCUT2D eigenvalue weighted by molar-refractivity contribution is 0.0997. The Hall–Kier alpha value is -2.92. The fraction of sp³-hybridized carbons (Fsp3) is 0.143. The van der Waals surface area contributed by atoms with Gasteiger partial charge in [0.1, 0.15) is 5.76 Å². The Bertz CT molecular complexity index is 1120. The molecule has 0 fully saturated rings. The number of nitrogens with zero attached hydrogens (tertiary/aromatic N) is 1. The van der Waals surface area contributed by atoms with E-state index >= 15 is 0 Å². The minimum Gasteiger partial charge on any atom is -0.451 e. The van der Waals surface area contributed by atoms with Crippen LogP contribution < -0.4 is 5.32 Å². The van der Waals surface area contributed by atoms with E-state index in [4.69, 9.17) is 4.42 Å². The second kappa shape index (κ2) is 6.42.